The van der Waals surface area contributed by atoms with Crippen molar-refractivity contribution in [1.29, 1.82) is 0 Å². The van der Waals surface area contributed by atoms with Gasteiger partial charge in [0.15, 0.2) is 0 Å². The summed E-state index contributed by atoms with van der Waals surface area (Å²) in [4.78, 5) is 0. The molecule has 2 aliphatic heterocycles. The minimum Gasteiger partial charge on any atom is -0.370 e. The fraction of sp³-hybridized carbons (Fsp3) is 0.400. The van der Waals surface area contributed by atoms with Gasteiger partial charge in [0.1, 0.15) is 24.4 Å². The van der Waals surface area contributed by atoms with Gasteiger partial charge in [-0.3, -0.25) is 0 Å². The second-order valence-corrected chi connectivity index (χ2v) is 6.27. The fourth-order valence-electron chi connectivity index (χ4n) is 3.27. The summed E-state index contributed by atoms with van der Waals surface area (Å²) in [6, 6.07) is 20.4. The molecule has 2 aromatic carbocycles. The molecule has 0 amide bonds. The molecule has 4 rings (SSSR count). The van der Waals surface area contributed by atoms with Crippen LogP contribution in [0.4, 0.5) is 0 Å². The van der Waals surface area contributed by atoms with Gasteiger partial charge in [0.05, 0.1) is 26.4 Å². The predicted molar refractivity (Wildman–Crippen MR) is 89.5 cm³/mol. The SMILES string of the molecule is c1ccc(CO[C@H]2CO[C@H]3[C@H]2OC[C@H]3OCc2ccccc2)cc1. The molecule has 0 unspecified atom stereocenters. The molecule has 24 heavy (non-hydrogen) atoms. The molecule has 0 bridgehead atoms. The average molecular weight is 326 g/mol. The van der Waals surface area contributed by atoms with Crippen LogP contribution in [-0.2, 0) is 32.2 Å². The standard InChI is InChI=1S/C20H22O4/c1-3-7-15(8-4-1)11-21-17-13-23-20-18(14-24-19(17)20)22-12-16-9-5-2-6-10-16/h1-10,17-20H,11-14H2/t17-,18+,19-,20+. The zero-order chi connectivity index (χ0) is 16.2. The highest BCUT2D eigenvalue weighted by Gasteiger charge is 2.48. The molecule has 2 aliphatic rings. The first-order valence-corrected chi connectivity index (χ1v) is 8.44. The highest BCUT2D eigenvalue weighted by Crippen LogP contribution is 2.31. The number of benzene rings is 2. The second-order valence-electron chi connectivity index (χ2n) is 6.27. The summed E-state index contributed by atoms with van der Waals surface area (Å²) < 4.78 is 23.8. The lowest BCUT2D eigenvalue weighted by Crippen LogP contribution is -2.34. The third-order valence-corrected chi connectivity index (χ3v) is 4.58. The molecule has 4 heteroatoms. The van der Waals surface area contributed by atoms with Crippen LogP contribution in [0.3, 0.4) is 0 Å². The zero-order valence-electron chi connectivity index (χ0n) is 13.5. The van der Waals surface area contributed by atoms with Gasteiger partial charge in [0.2, 0.25) is 0 Å². The molecule has 4 nitrogen and oxygen atoms in total. The van der Waals surface area contributed by atoms with Crippen LogP contribution in [-0.4, -0.2) is 37.6 Å². The molecule has 0 aromatic heterocycles. The Kier molecular flexibility index (Phi) is 4.90. The number of rotatable bonds is 6. The monoisotopic (exact) mass is 326 g/mol. The van der Waals surface area contributed by atoms with Crippen molar-refractivity contribution in [2.24, 2.45) is 0 Å². The second kappa shape index (κ2) is 7.45. The Hall–Kier alpha value is -1.72. The van der Waals surface area contributed by atoms with Crippen LogP contribution in [0.25, 0.3) is 0 Å². The highest BCUT2D eigenvalue weighted by atomic mass is 16.6. The lowest BCUT2D eigenvalue weighted by molar-refractivity contribution is -0.0580. The van der Waals surface area contributed by atoms with Gasteiger partial charge in [-0.2, -0.15) is 0 Å². The highest BCUT2D eigenvalue weighted by molar-refractivity contribution is 5.14. The Balaban J connectivity index is 1.29. The Labute approximate surface area is 142 Å². The van der Waals surface area contributed by atoms with Gasteiger partial charge in [-0.25, -0.2) is 0 Å². The third-order valence-electron chi connectivity index (χ3n) is 4.58. The molecular formula is C20H22O4. The van der Waals surface area contributed by atoms with Crippen molar-refractivity contribution in [2.45, 2.75) is 37.6 Å². The van der Waals surface area contributed by atoms with Crippen LogP contribution in [0, 0.1) is 0 Å². The summed E-state index contributed by atoms with van der Waals surface area (Å²) in [5, 5.41) is 0. The summed E-state index contributed by atoms with van der Waals surface area (Å²) in [7, 11) is 0. The number of hydrogen-bond acceptors (Lipinski definition) is 4. The normalized spacial score (nSPS) is 28.8. The largest absolute Gasteiger partial charge is 0.370 e. The summed E-state index contributed by atoms with van der Waals surface area (Å²) >= 11 is 0. The third kappa shape index (κ3) is 3.52. The topological polar surface area (TPSA) is 36.9 Å². The van der Waals surface area contributed by atoms with Gasteiger partial charge >= 0.3 is 0 Å². The lowest BCUT2D eigenvalue weighted by Gasteiger charge is -2.17. The van der Waals surface area contributed by atoms with Crippen molar-refractivity contribution >= 4 is 0 Å². The van der Waals surface area contributed by atoms with Crippen molar-refractivity contribution in [2.75, 3.05) is 13.2 Å². The van der Waals surface area contributed by atoms with E-state index in [0.717, 1.165) is 11.1 Å². The van der Waals surface area contributed by atoms with Crippen molar-refractivity contribution in [3.63, 3.8) is 0 Å². The van der Waals surface area contributed by atoms with E-state index in [1.54, 1.807) is 0 Å². The van der Waals surface area contributed by atoms with E-state index >= 15 is 0 Å². The quantitative estimate of drug-likeness (QED) is 0.818. The Bertz CT molecular complexity index is 573. The van der Waals surface area contributed by atoms with Crippen molar-refractivity contribution in [1.82, 2.24) is 0 Å². The Morgan fingerprint density at radius 3 is 1.50 bits per heavy atom. The molecule has 2 fully saturated rings. The van der Waals surface area contributed by atoms with E-state index in [-0.39, 0.29) is 24.4 Å². The molecular weight excluding hydrogens is 304 g/mol. The van der Waals surface area contributed by atoms with Gasteiger partial charge in [0, 0.05) is 0 Å². The maximum Gasteiger partial charge on any atom is 0.115 e. The molecule has 4 atom stereocenters. The summed E-state index contributed by atoms with van der Waals surface area (Å²) in [6.45, 7) is 2.29. The first-order chi connectivity index (χ1) is 11.9. The number of ether oxygens (including phenoxy) is 4. The Morgan fingerprint density at radius 1 is 0.667 bits per heavy atom. The maximum absolute atomic E-state index is 6.01. The van der Waals surface area contributed by atoms with Crippen LogP contribution >= 0.6 is 0 Å². The predicted octanol–water partition coefficient (Wildman–Crippen LogP) is 2.95. The zero-order valence-corrected chi connectivity index (χ0v) is 13.5. The van der Waals surface area contributed by atoms with Crippen molar-refractivity contribution < 1.29 is 18.9 Å². The minimum atomic E-state index is -0.0329. The van der Waals surface area contributed by atoms with Crippen LogP contribution in [0.15, 0.2) is 60.7 Å². The van der Waals surface area contributed by atoms with E-state index in [2.05, 4.69) is 24.3 Å². The van der Waals surface area contributed by atoms with Gasteiger partial charge in [-0.15, -0.1) is 0 Å². The molecule has 126 valence electrons. The van der Waals surface area contributed by atoms with E-state index < -0.39 is 0 Å². The maximum atomic E-state index is 6.01. The average Bonchev–Trinajstić information content (AvgIpc) is 3.22. The van der Waals surface area contributed by atoms with Crippen molar-refractivity contribution in [3.8, 4) is 0 Å². The van der Waals surface area contributed by atoms with Gasteiger partial charge in [-0.05, 0) is 11.1 Å². The smallest absolute Gasteiger partial charge is 0.115 e. The van der Waals surface area contributed by atoms with Gasteiger partial charge in [-0.1, -0.05) is 60.7 Å². The Morgan fingerprint density at radius 2 is 1.08 bits per heavy atom. The van der Waals surface area contributed by atoms with Crippen LogP contribution < -0.4 is 0 Å². The fourth-order valence-corrected chi connectivity index (χ4v) is 3.27. The summed E-state index contributed by atoms with van der Waals surface area (Å²) in [5.41, 5.74) is 2.33. The van der Waals surface area contributed by atoms with E-state index in [0.29, 0.717) is 26.4 Å². The molecule has 0 spiro atoms. The summed E-state index contributed by atoms with van der Waals surface area (Å²) in [6.07, 6.45) is -0.120. The van der Waals surface area contributed by atoms with E-state index in [4.69, 9.17) is 18.9 Å². The molecule has 0 saturated carbocycles. The lowest BCUT2D eigenvalue weighted by atomic mass is 10.1. The summed E-state index contributed by atoms with van der Waals surface area (Å²) in [5.74, 6) is 0. The van der Waals surface area contributed by atoms with E-state index in [1.807, 2.05) is 36.4 Å². The number of fused-ring (bicyclic) bond motifs is 1. The molecule has 0 radical (unpaired) electrons. The molecule has 2 heterocycles. The van der Waals surface area contributed by atoms with Gasteiger partial charge in [0.25, 0.3) is 0 Å². The minimum absolute atomic E-state index is 0.0273. The van der Waals surface area contributed by atoms with Crippen LogP contribution in [0.2, 0.25) is 0 Å². The molecule has 2 saturated heterocycles. The van der Waals surface area contributed by atoms with E-state index in [9.17, 15) is 0 Å². The molecule has 0 N–H and O–H groups in total. The van der Waals surface area contributed by atoms with Gasteiger partial charge < -0.3 is 18.9 Å². The number of hydrogen-bond donors (Lipinski definition) is 0. The molecule has 0 aliphatic carbocycles. The first-order valence-electron chi connectivity index (χ1n) is 8.44. The van der Waals surface area contributed by atoms with Crippen molar-refractivity contribution in [3.05, 3.63) is 71.8 Å². The van der Waals surface area contributed by atoms with E-state index in [1.165, 1.54) is 0 Å². The van der Waals surface area contributed by atoms with Crippen LogP contribution in [0.1, 0.15) is 11.1 Å². The van der Waals surface area contributed by atoms with Crippen LogP contribution in [0.5, 0.6) is 0 Å². The first kappa shape index (κ1) is 15.8. The molecule has 2 aromatic rings.